The van der Waals surface area contributed by atoms with Crippen LogP contribution in [0.5, 0.6) is 0 Å². The minimum Gasteiger partial charge on any atom is -0.377 e. The highest BCUT2D eigenvalue weighted by molar-refractivity contribution is 9.10. The van der Waals surface area contributed by atoms with Gasteiger partial charge < -0.3 is 9.64 Å². The summed E-state index contributed by atoms with van der Waals surface area (Å²) in [6.45, 7) is 5.49. The first kappa shape index (κ1) is 24.9. The van der Waals surface area contributed by atoms with Crippen LogP contribution in [0.3, 0.4) is 0 Å². The van der Waals surface area contributed by atoms with Crippen LogP contribution in [-0.4, -0.2) is 45.3 Å². The van der Waals surface area contributed by atoms with Crippen LogP contribution < -0.4 is 0 Å². The van der Waals surface area contributed by atoms with Gasteiger partial charge in [-0.3, -0.25) is 9.48 Å². The number of hydrogen-bond acceptors (Lipinski definition) is 4. The van der Waals surface area contributed by atoms with Crippen molar-refractivity contribution in [2.75, 3.05) is 19.8 Å². The van der Waals surface area contributed by atoms with Crippen molar-refractivity contribution in [3.8, 4) is 0 Å². The first-order valence-corrected chi connectivity index (χ1v) is 13.3. The number of morpholine rings is 1. The van der Waals surface area contributed by atoms with Gasteiger partial charge in [0.2, 0.25) is 0 Å². The molecule has 1 amide bonds. The van der Waals surface area contributed by atoms with Gasteiger partial charge in [-0.15, -0.1) is 0 Å². The van der Waals surface area contributed by atoms with E-state index in [1.807, 2.05) is 91.2 Å². The van der Waals surface area contributed by atoms with Crippen molar-refractivity contribution in [3.63, 3.8) is 0 Å². The Morgan fingerprint density at radius 3 is 2.53 bits per heavy atom. The van der Waals surface area contributed by atoms with Gasteiger partial charge in [-0.25, -0.2) is 4.98 Å². The van der Waals surface area contributed by atoms with Gasteiger partial charge in [-0.1, -0.05) is 50.1 Å². The molecule has 1 aliphatic heterocycles. The summed E-state index contributed by atoms with van der Waals surface area (Å²) in [5.74, 6) is -0.0326. The van der Waals surface area contributed by atoms with Crippen LogP contribution in [0, 0.1) is 13.8 Å². The molecule has 0 N–H and O–H groups in total. The molecule has 2 aromatic carbocycles. The van der Waals surface area contributed by atoms with Crippen molar-refractivity contribution in [1.82, 2.24) is 19.7 Å². The maximum absolute atomic E-state index is 14.2. The molecule has 0 spiro atoms. The highest BCUT2D eigenvalue weighted by Gasteiger charge is 2.33. The van der Waals surface area contributed by atoms with Crippen LogP contribution in [0.4, 0.5) is 0 Å². The third-order valence-corrected chi connectivity index (χ3v) is 7.65. The largest absolute Gasteiger partial charge is 0.377 e. The molecule has 0 radical (unpaired) electrons. The van der Waals surface area contributed by atoms with Crippen LogP contribution in [-0.2, 0) is 11.8 Å². The maximum Gasteiger partial charge on any atom is 0.255 e. The Morgan fingerprint density at radius 1 is 1.06 bits per heavy atom. The fourth-order valence-corrected chi connectivity index (χ4v) is 5.37. The first-order chi connectivity index (χ1) is 17.3. The number of pyridine rings is 1. The second-order valence-electron chi connectivity index (χ2n) is 8.94. The van der Waals surface area contributed by atoms with Crippen LogP contribution >= 0.6 is 31.9 Å². The molecule has 1 fully saturated rings. The quantitative estimate of drug-likeness (QED) is 0.265. The van der Waals surface area contributed by atoms with Gasteiger partial charge in [0.25, 0.3) is 5.91 Å². The Labute approximate surface area is 227 Å². The fourth-order valence-electron chi connectivity index (χ4n) is 4.75. The Balaban J connectivity index is 1.58. The van der Waals surface area contributed by atoms with E-state index < -0.39 is 0 Å². The van der Waals surface area contributed by atoms with E-state index in [2.05, 4.69) is 37.0 Å². The van der Waals surface area contributed by atoms with Crippen LogP contribution in [0.15, 0.2) is 57.5 Å². The van der Waals surface area contributed by atoms with E-state index in [0.29, 0.717) is 25.3 Å². The lowest BCUT2D eigenvalue weighted by molar-refractivity contribution is -0.00294. The third-order valence-electron chi connectivity index (χ3n) is 6.63. The normalized spacial score (nSPS) is 16.2. The third kappa shape index (κ3) is 4.90. The molecule has 3 heterocycles. The lowest BCUT2D eigenvalue weighted by Gasteiger charge is -2.36. The van der Waals surface area contributed by atoms with E-state index in [9.17, 15) is 4.79 Å². The molecule has 5 rings (SSSR count). The van der Waals surface area contributed by atoms with Crippen LogP contribution in [0.1, 0.15) is 44.6 Å². The van der Waals surface area contributed by atoms with Gasteiger partial charge in [0.05, 0.1) is 41.7 Å². The monoisotopic (exact) mass is 608 g/mol. The number of carbonyl (C=O) groups excluding carboxylic acids is 1. The molecular weight excluding hydrogens is 584 g/mol. The zero-order valence-electron chi connectivity index (χ0n) is 20.3. The van der Waals surface area contributed by atoms with Crippen molar-refractivity contribution in [1.29, 1.82) is 0 Å². The Kier molecular flexibility index (Phi) is 7.10. The highest BCUT2D eigenvalue weighted by Crippen LogP contribution is 2.32. The number of ether oxygens (including phenoxy) is 1. The van der Waals surface area contributed by atoms with E-state index in [1.54, 1.807) is 0 Å². The summed E-state index contributed by atoms with van der Waals surface area (Å²) in [5.41, 5.74) is 6.21. The molecular formula is C28H26Br2N4O2. The van der Waals surface area contributed by atoms with E-state index in [4.69, 9.17) is 9.72 Å². The summed E-state index contributed by atoms with van der Waals surface area (Å²) in [4.78, 5) is 20.9. The molecule has 2 aromatic heterocycles. The molecule has 6 nitrogen and oxygen atoms in total. The molecule has 8 heteroatoms. The number of aromatic nitrogens is 3. The zero-order valence-corrected chi connectivity index (χ0v) is 23.5. The van der Waals surface area contributed by atoms with Gasteiger partial charge in [0, 0.05) is 39.2 Å². The molecule has 36 heavy (non-hydrogen) atoms. The fraction of sp³-hybridized carbons (Fsp3) is 0.250. The average Bonchev–Trinajstić information content (AvgIpc) is 3.13. The maximum atomic E-state index is 14.2. The van der Waals surface area contributed by atoms with Gasteiger partial charge in [0.1, 0.15) is 0 Å². The standard InChI is InChI=1S/C28H26Br2N4O2/c1-17-27(18(2)33(3)32-17)26-16-36-13-12-34(26)28(35)24-15-22(10-6-19-4-7-20(29)8-5-19)31-25-11-9-21(30)14-23(24)25/h4-11,14-15,26H,12-13,16H2,1-3H3/b10-6+. The van der Waals surface area contributed by atoms with E-state index in [1.165, 1.54) is 0 Å². The summed E-state index contributed by atoms with van der Waals surface area (Å²) < 4.78 is 9.63. The van der Waals surface area contributed by atoms with Gasteiger partial charge in [-0.2, -0.15) is 5.10 Å². The second kappa shape index (κ2) is 10.3. The highest BCUT2D eigenvalue weighted by atomic mass is 79.9. The molecule has 0 bridgehead atoms. The number of nitrogens with zero attached hydrogens (tertiary/aromatic N) is 4. The number of carbonyl (C=O) groups is 1. The van der Waals surface area contributed by atoms with Crippen molar-refractivity contribution < 1.29 is 9.53 Å². The molecule has 0 saturated carbocycles. The number of benzene rings is 2. The van der Waals surface area contributed by atoms with E-state index in [-0.39, 0.29) is 11.9 Å². The van der Waals surface area contributed by atoms with Crippen LogP contribution in [0.25, 0.3) is 23.1 Å². The topological polar surface area (TPSA) is 60.2 Å². The van der Waals surface area contributed by atoms with Gasteiger partial charge >= 0.3 is 0 Å². The van der Waals surface area contributed by atoms with Gasteiger partial charge in [0.15, 0.2) is 0 Å². The minimum atomic E-state index is -0.197. The van der Waals surface area contributed by atoms with Crippen molar-refractivity contribution in [2.24, 2.45) is 7.05 Å². The summed E-state index contributed by atoms with van der Waals surface area (Å²) in [7, 11) is 1.93. The number of fused-ring (bicyclic) bond motifs is 1. The van der Waals surface area contributed by atoms with Gasteiger partial charge in [-0.05, 0) is 61.9 Å². The molecule has 1 aliphatic rings. The lowest BCUT2D eigenvalue weighted by Crippen LogP contribution is -2.44. The number of halogens is 2. The summed E-state index contributed by atoms with van der Waals surface area (Å²) in [5, 5.41) is 5.40. The second-order valence-corrected chi connectivity index (χ2v) is 10.8. The summed E-state index contributed by atoms with van der Waals surface area (Å²) >= 11 is 7.04. The average molecular weight is 610 g/mol. The summed E-state index contributed by atoms with van der Waals surface area (Å²) in [6.07, 6.45) is 3.96. The zero-order chi connectivity index (χ0) is 25.4. The minimum absolute atomic E-state index is 0.0326. The van der Waals surface area contributed by atoms with E-state index >= 15 is 0 Å². The number of hydrogen-bond donors (Lipinski definition) is 0. The predicted octanol–water partition coefficient (Wildman–Crippen LogP) is 6.49. The Bertz CT molecular complexity index is 1480. The van der Waals surface area contributed by atoms with E-state index in [0.717, 1.165) is 48.1 Å². The SMILES string of the molecule is Cc1nn(C)c(C)c1C1COCCN1C(=O)c1cc(/C=C/c2ccc(Br)cc2)nc2ccc(Br)cc12. The van der Waals surface area contributed by atoms with Crippen molar-refractivity contribution in [3.05, 3.63) is 91.2 Å². The molecule has 184 valence electrons. The molecule has 1 unspecified atom stereocenters. The smallest absolute Gasteiger partial charge is 0.255 e. The molecule has 1 atom stereocenters. The van der Waals surface area contributed by atoms with Crippen molar-refractivity contribution in [2.45, 2.75) is 19.9 Å². The Morgan fingerprint density at radius 2 is 1.81 bits per heavy atom. The lowest BCUT2D eigenvalue weighted by atomic mass is 10.00. The number of amides is 1. The number of aryl methyl sites for hydroxylation is 2. The molecule has 4 aromatic rings. The predicted molar refractivity (Wildman–Crippen MR) is 150 cm³/mol. The molecule has 0 aliphatic carbocycles. The summed E-state index contributed by atoms with van der Waals surface area (Å²) in [6, 6.07) is 15.6. The molecule has 1 saturated heterocycles. The number of rotatable bonds is 4. The first-order valence-electron chi connectivity index (χ1n) is 11.7. The Hall–Kier alpha value is -2.81. The van der Waals surface area contributed by atoms with Crippen molar-refractivity contribution >= 4 is 60.8 Å². The van der Waals surface area contributed by atoms with Crippen LogP contribution in [0.2, 0.25) is 0 Å².